The van der Waals surface area contributed by atoms with Crippen molar-refractivity contribution in [3.8, 4) is 0 Å². The molecule has 0 N–H and O–H groups in total. The van der Waals surface area contributed by atoms with Crippen LogP contribution in [-0.4, -0.2) is 0 Å². The first-order valence-electron chi connectivity index (χ1n) is 7.53. The van der Waals surface area contributed by atoms with Gasteiger partial charge in [0, 0.05) is 0 Å². The molecule has 1 atom stereocenters. The second kappa shape index (κ2) is 12.6. The molecule has 0 aromatic heterocycles. The van der Waals surface area contributed by atoms with Crippen molar-refractivity contribution in [2.75, 3.05) is 0 Å². The number of rotatable bonds is 2. The molecule has 0 saturated heterocycles. The molecule has 3 aromatic rings. The van der Waals surface area contributed by atoms with Crippen molar-refractivity contribution in [3.05, 3.63) is 90.5 Å². The summed E-state index contributed by atoms with van der Waals surface area (Å²) in [5.74, 6) is 0. The van der Waals surface area contributed by atoms with Crippen LogP contribution in [0.25, 0.3) is 10.8 Å². The van der Waals surface area contributed by atoms with E-state index in [-0.39, 0.29) is 46.5 Å². The molecule has 1 unspecified atom stereocenters. The van der Waals surface area contributed by atoms with E-state index < -0.39 is 0 Å². The van der Waals surface area contributed by atoms with Gasteiger partial charge in [0.05, 0.1) is 0 Å². The molecule has 1 aliphatic carbocycles. The van der Waals surface area contributed by atoms with Crippen LogP contribution in [0.2, 0.25) is 0 Å². The Balaban J connectivity index is 0.000000630. The van der Waals surface area contributed by atoms with Gasteiger partial charge in [0.2, 0.25) is 0 Å². The third-order valence-electron chi connectivity index (χ3n) is 3.63. The van der Waals surface area contributed by atoms with Gasteiger partial charge in [-0.3, -0.25) is 6.08 Å². The van der Waals surface area contributed by atoms with E-state index in [1.54, 1.807) is 0 Å². The van der Waals surface area contributed by atoms with Crippen molar-refractivity contribution >= 4 is 30.0 Å². The summed E-state index contributed by atoms with van der Waals surface area (Å²) < 4.78 is 0. The number of hydrogen-bond acceptors (Lipinski definition) is 0. The fraction of sp³-hybridized carbons (Fsp3) is 0.0952. The Morgan fingerprint density at radius 1 is 0.960 bits per heavy atom. The van der Waals surface area contributed by atoms with Crippen LogP contribution in [0.4, 0.5) is 0 Å². The van der Waals surface area contributed by atoms with Gasteiger partial charge in [-0.25, -0.2) is 12.2 Å². The van der Waals surface area contributed by atoms with Crippen LogP contribution in [0, 0.1) is 13.0 Å². The van der Waals surface area contributed by atoms with Crippen LogP contribution in [0.1, 0.15) is 12.0 Å². The zero-order valence-electron chi connectivity index (χ0n) is 14.0. The van der Waals surface area contributed by atoms with Gasteiger partial charge in [0.1, 0.15) is 0 Å². The van der Waals surface area contributed by atoms with Gasteiger partial charge >= 0.3 is 21.7 Å². The average Bonchev–Trinajstić information content (AvgIpc) is 3.22. The van der Waals surface area contributed by atoms with E-state index in [4.69, 9.17) is 0 Å². The maximum absolute atomic E-state index is 2.99. The molecule has 0 saturated carbocycles. The van der Waals surface area contributed by atoms with Crippen molar-refractivity contribution in [3.63, 3.8) is 0 Å². The van der Waals surface area contributed by atoms with Crippen LogP contribution in [0.3, 0.4) is 0 Å². The van der Waals surface area contributed by atoms with Gasteiger partial charge in [-0.05, 0) is 5.30 Å². The molecule has 0 bridgehead atoms. The monoisotopic (exact) mass is 420 g/mol. The van der Waals surface area contributed by atoms with E-state index in [1.165, 1.54) is 26.9 Å². The fourth-order valence-corrected chi connectivity index (χ4v) is 3.82. The molecule has 3 aromatic carbocycles. The second-order valence-corrected chi connectivity index (χ2v) is 6.61. The van der Waals surface area contributed by atoms with Gasteiger partial charge in [-0.1, -0.05) is 43.3 Å². The molecule has 0 heterocycles. The Hall–Kier alpha value is -0.746. The van der Waals surface area contributed by atoms with E-state index in [2.05, 4.69) is 79.7 Å². The minimum Gasteiger partial charge on any atom is -1.00 e. The van der Waals surface area contributed by atoms with Crippen molar-refractivity contribution in [1.29, 1.82) is 0 Å². The second-order valence-electron chi connectivity index (χ2n) is 5.28. The molecule has 0 spiro atoms. The largest absolute Gasteiger partial charge is 4.00 e. The van der Waals surface area contributed by atoms with E-state index in [0.717, 1.165) is 15.0 Å². The summed E-state index contributed by atoms with van der Waals surface area (Å²) in [4.78, 5) is 0. The maximum Gasteiger partial charge on any atom is 4.00 e. The predicted octanol–water partition coefficient (Wildman–Crippen LogP) is -1.19. The molecule has 25 heavy (non-hydrogen) atoms. The first kappa shape index (κ1) is 24.3. The van der Waals surface area contributed by atoms with E-state index in [0.29, 0.717) is 0 Å². The van der Waals surface area contributed by atoms with Gasteiger partial charge in [-0.2, -0.15) is 6.08 Å². The summed E-state index contributed by atoms with van der Waals surface area (Å²) in [6, 6.07) is 21.7. The number of benzene rings is 2. The van der Waals surface area contributed by atoms with Crippen molar-refractivity contribution in [1.82, 2.24) is 0 Å². The first-order chi connectivity index (χ1) is 10.8. The number of fused-ring (bicyclic) bond motifs is 1. The number of hydrogen-bond donors (Lipinski definition) is 0. The van der Waals surface area contributed by atoms with E-state index >= 15 is 0 Å². The van der Waals surface area contributed by atoms with E-state index in [1.807, 2.05) is 12.2 Å². The van der Waals surface area contributed by atoms with Crippen molar-refractivity contribution in [2.45, 2.75) is 13.3 Å². The Bertz CT molecular complexity index is 797. The average molecular weight is 421 g/mol. The summed E-state index contributed by atoms with van der Waals surface area (Å²) >= 11 is 0. The topological polar surface area (TPSA) is 0 Å². The molecular formula is C21H19Cl2PTi. The SMILES string of the molecule is Cc1[cH-]c2ccccc2c1Pc1ccccc1.[C-]1=CC=CC1.[Cl-].[Cl-].[Ti+4]. The number of allylic oxidation sites excluding steroid dienone is 4. The quantitative estimate of drug-likeness (QED) is 0.278. The Labute approximate surface area is 179 Å². The van der Waals surface area contributed by atoms with Crippen LogP contribution < -0.4 is 35.4 Å². The summed E-state index contributed by atoms with van der Waals surface area (Å²) in [5.41, 5.74) is 1.41. The molecule has 0 nitrogen and oxygen atoms in total. The Kier molecular flexibility index (Phi) is 12.2. The summed E-state index contributed by atoms with van der Waals surface area (Å²) in [5, 5.41) is 5.68. The molecule has 0 amide bonds. The van der Waals surface area contributed by atoms with Gasteiger partial charge in [-0.15, -0.1) is 60.9 Å². The number of aryl methyl sites for hydroxylation is 1. The Morgan fingerprint density at radius 2 is 1.64 bits per heavy atom. The zero-order chi connectivity index (χ0) is 15.2. The van der Waals surface area contributed by atoms with Crippen molar-refractivity contribution < 1.29 is 46.5 Å². The summed E-state index contributed by atoms with van der Waals surface area (Å²) in [7, 11) is 0.754. The Morgan fingerprint density at radius 3 is 2.24 bits per heavy atom. The van der Waals surface area contributed by atoms with Gasteiger partial charge in [0.15, 0.2) is 0 Å². The number of halogens is 2. The van der Waals surface area contributed by atoms with Crippen LogP contribution >= 0.6 is 8.58 Å². The van der Waals surface area contributed by atoms with Crippen LogP contribution in [0.15, 0.2) is 78.9 Å². The molecule has 0 fully saturated rings. The predicted molar refractivity (Wildman–Crippen MR) is 99.9 cm³/mol. The van der Waals surface area contributed by atoms with Crippen LogP contribution in [0.5, 0.6) is 0 Å². The summed E-state index contributed by atoms with van der Waals surface area (Å²) in [6.45, 7) is 2.21. The van der Waals surface area contributed by atoms with E-state index in [9.17, 15) is 0 Å². The zero-order valence-corrected chi connectivity index (χ0v) is 18.0. The van der Waals surface area contributed by atoms with Crippen molar-refractivity contribution in [2.24, 2.45) is 0 Å². The summed E-state index contributed by atoms with van der Waals surface area (Å²) in [6.07, 6.45) is 10.0. The molecule has 4 rings (SSSR count). The molecule has 1 aliphatic rings. The molecule has 126 valence electrons. The van der Waals surface area contributed by atoms with Crippen LogP contribution in [-0.2, 0) is 21.7 Å². The first-order valence-corrected chi connectivity index (χ1v) is 8.53. The third-order valence-corrected chi connectivity index (χ3v) is 5.16. The molecule has 4 heteroatoms. The fourth-order valence-electron chi connectivity index (χ4n) is 2.54. The third kappa shape index (κ3) is 6.82. The standard InChI is InChI=1S/C16H14P.C5H5.2ClH.Ti/c1-12-11-13-7-5-6-10-15(13)16(12)17-14-8-3-2-4-9-14;1-2-4-5-3-1;;;/h2-11,17H,1H3;1-3H,4H2;2*1H;/q2*-1;;;+4/p-2. The molecule has 0 aliphatic heterocycles. The smallest absolute Gasteiger partial charge is 1.00 e. The minimum absolute atomic E-state index is 0. The minimum atomic E-state index is 0. The normalized spacial score (nSPS) is 11.4. The van der Waals surface area contributed by atoms with Gasteiger partial charge in [0.25, 0.3) is 0 Å². The van der Waals surface area contributed by atoms with Gasteiger partial charge < -0.3 is 24.8 Å². The molecular weight excluding hydrogens is 402 g/mol. The maximum atomic E-state index is 2.99. The molecule has 0 radical (unpaired) electrons.